The number of carbonyl (C=O) groups is 1. The zero-order valence-corrected chi connectivity index (χ0v) is 21.4. The zero-order chi connectivity index (χ0) is 25.4. The molecule has 0 unspecified atom stereocenters. The monoisotopic (exact) mass is 518 g/mol. The van der Waals surface area contributed by atoms with Crippen LogP contribution in [0.4, 0.5) is 0 Å². The van der Waals surface area contributed by atoms with Crippen molar-refractivity contribution >= 4 is 28.1 Å². The highest BCUT2D eigenvalue weighted by atomic mass is 32.1. The lowest BCUT2D eigenvalue weighted by molar-refractivity contribution is -0.143. The molecule has 37 heavy (non-hydrogen) atoms. The number of piperidine rings is 1. The van der Waals surface area contributed by atoms with E-state index in [2.05, 4.69) is 15.1 Å². The lowest BCUT2D eigenvalue weighted by Crippen LogP contribution is -2.51. The van der Waals surface area contributed by atoms with Gasteiger partial charge in [-0.15, -0.1) is 11.3 Å². The molecule has 1 amide bonds. The molecular formula is C27H30N6O3S. The van der Waals surface area contributed by atoms with Crippen LogP contribution in [0.2, 0.25) is 0 Å². The highest BCUT2D eigenvalue weighted by molar-refractivity contribution is 7.15. The summed E-state index contributed by atoms with van der Waals surface area (Å²) in [6, 6.07) is 9.96. The summed E-state index contributed by atoms with van der Waals surface area (Å²) in [5.74, 6) is 0.0162. The third-order valence-corrected chi connectivity index (χ3v) is 8.93. The average Bonchev–Trinajstić information content (AvgIpc) is 3.62. The minimum Gasteiger partial charge on any atom is -0.388 e. The fraction of sp³-hybridized carbons (Fsp3) is 0.444. The number of likely N-dealkylation sites (tertiary alicyclic amines) is 1. The first-order valence-corrected chi connectivity index (χ1v) is 13.8. The average molecular weight is 519 g/mol. The normalized spacial score (nSPS) is 21.8. The van der Waals surface area contributed by atoms with Crippen LogP contribution in [0.1, 0.15) is 44.6 Å². The summed E-state index contributed by atoms with van der Waals surface area (Å²) >= 11 is 1.51. The highest BCUT2D eigenvalue weighted by Crippen LogP contribution is 2.36. The number of hydrogen-bond donors (Lipinski definition) is 1. The fourth-order valence-corrected chi connectivity index (χ4v) is 6.83. The number of thiophene rings is 1. The molecule has 1 saturated heterocycles. The number of benzene rings is 1. The third-order valence-electron chi connectivity index (χ3n) is 7.91. The Kier molecular flexibility index (Phi) is 6.37. The maximum absolute atomic E-state index is 13.5. The highest BCUT2D eigenvalue weighted by Gasteiger charge is 2.40. The summed E-state index contributed by atoms with van der Waals surface area (Å²) in [6.07, 6.45) is 9.48. The van der Waals surface area contributed by atoms with Crippen molar-refractivity contribution < 1.29 is 9.90 Å². The molecule has 2 fully saturated rings. The molecule has 3 aromatic heterocycles. The first-order chi connectivity index (χ1) is 18.0. The molecule has 1 aromatic carbocycles. The SMILES string of the molecule is O=C([C@@H]1CCCC[C@H]1n1cncn1)N1CCC(O)(Cn2cnc3c(-c4ccccc4)scc3c2=O)CC1. The lowest BCUT2D eigenvalue weighted by Gasteiger charge is -2.41. The standard InChI is InChI=1S/C27H30N6O3S/c34-25(20-8-4-5-9-22(20)33-17-28-16-30-33)31-12-10-27(36,11-13-31)15-32-18-29-23-21(26(32)35)14-37-24(23)19-6-2-1-3-7-19/h1-3,6-7,14,16-18,20,22,36H,4-5,8-13,15H2/t20-,22-/m1/s1. The van der Waals surface area contributed by atoms with Gasteiger partial charge in [-0.1, -0.05) is 43.2 Å². The summed E-state index contributed by atoms with van der Waals surface area (Å²) in [5.41, 5.74) is 0.519. The molecule has 0 bridgehead atoms. The molecule has 192 valence electrons. The Balaban J connectivity index is 1.15. The first kappa shape index (κ1) is 24.0. The van der Waals surface area contributed by atoms with Gasteiger partial charge in [-0.25, -0.2) is 14.6 Å². The van der Waals surface area contributed by atoms with Gasteiger partial charge in [-0.2, -0.15) is 5.10 Å². The first-order valence-electron chi connectivity index (χ1n) is 12.9. The number of amides is 1. The maximum atomic E-state index is 13.5. The van der Waals surface area contributed by atoms with E-state index < -0.39 is 5.60 Å². The minimum atomic E-state index is -1.06. The number of hydrogen-bond acceptors (Lipinski definition) is 7. The second-order valence-corrected chi connectivity index (χ2v) is 11.1. The van der Waals surface area contributed by atoms with Gasteiger partial charge >= 0.3 is 0 Å². The van der Waals surface area contributed by atoms with Gasteiger partial charge in [-0.05, 0) is 31.2 Å². The summed E-state index contributed by atoms with van der Waals surface area (Å²) in [6.45, 7) is 1.10. The molecule has 2 aliphatic rings. The van der Waals surface area contributed by atoms with Crippen LogP contribution < -0.4 is 5.56 Å². The van der Waals surface area contributed by atoms with Crippen molar-refractivity contribution in [2.24, 2.45) is 5.92 Å². The molecule has 1 aliphatic carbocycles. The van der Waals surface area contributed by atoms with E-state index in [9.17, 15) is 14.7 Å². The third kappa shape index (κ3) is 4.59. The second-order valence-electron chi connectivity index (χ2n) is 10.3. The van der Waals surface area contributed by atoms with Gasteiger partial charge in [-0.3, -0.25) is 14.2 Å². The van der Waals surface area contributed by atoms with Crippen LogP contribution in [0.3, 0.4) is 0 Å². The van der Waals surface area contributed by atoms with Crippen molar-refractivity contribution in [3.8, 4) is 10.4 Å². The molecule has 4 aromatic rings. The Labute approximate surface area is 218 Å². The van der Waals surface area contributed by atoms with E-state index in [0.29, 0.717) is 36.8 Å². The van der Waals surface area contributed by atoms with Crippen LogP contribution in [0, 0.1) is 5.92 Å². The van der Waals surface area contributed by atoms with E-state index in [4.69, 9.17) is 0 Å². The quantitative estimate of drug-likeness (QED) is 0.434. The molecule has 1 N–H and O–H groups in total. The second kappa shape index (κ2) is 9.83. The smallest absolute Gasteiger partial charge is 0.262 e. The molecule has 1 saturated carbocycles. The van der Waals surface area contributed by atoms with Crippen LogP contribution in [-0.2, 0) is 11.3 Å². The molecule has 2 atom stereocenters. The summed E-state index contributed by atoms with van der Waals surface area (Å²) in [4.78, 5) is 38.2. The summed E-state index contributed by atoms with van der Waals surface area (Å²) in [5, 5.41) is 18.1. The van der Waals surface area contributed by atoms with E-state index in [1.807, 2.05) is 45.3 Å². The number of carbonyl (C=O) groups excluding carboxylic acids is 1. The van der Waals surface area contributed by atoms with Gasteiger partial charge in [0.1, 0.15) is 12.7 Å². The molecular weight excluding hydrogens is 488 g/mol. The molecule has 0 radical (unpaired) electrons. The largest absolute Gasteiger partial charge is 0.388 e. The van der Waals surface area contributed by atoms with Crippen molar-refractivity contribution in [1.82, 2.24) is 29.2 Å². The maximum Gasteiger partial charge on any atom is 0.262 e. The molecule has 6 rings (SSSR count). The van der Waals surface area contributed by atoms with E-state index in [1.165, 1.54) is 22.2 Å². The van der Waals surface area contributed by atoms with E-state index in [0.717, 1.165) is 36.1 Å². The van der Waals surface area contributed by atoms with Crippen LogP contribution in [0.5, 0.6) is 0 Å². The van der Waals surface area contributed by atoms with Gasteiger partial charge < -0.3 is 10.0 Å². The predicted octanol–water partition coefficient (Wildman–Crippen LogP) is 3.50. The van der Waals surface area contributed by atoms with Crippen LogP contribution in [-0.4, -0.2) is 58.9 Å². The molecule has 0 spiro atoms. The Hall–Kier alpha value is -3.37. The van der Waals surface area contributed by atoms with Gasteiger partial charge in [0.15, 0.2) is 0 Å². The van der Waals surface area contributed by atoms with Crippen molar-refractivity contribution in [2.45, 2.75) is 56.7 Å². The Morgan fingerprint density at radius 1 is 1.11 bits per heavy atom. The molecule has 9 nitrogen and oxygen atoms in total. The van der Waals surface area contributed by atoms with Crippen molar-refractivity contribution in [2.75, 3.05) is 13.1 Å². The summed E-state index contributed by atoms with van der Waals surface area (Å²) in [7, 11) is 0. The van der Waals surface area contributed by atoms with Gasteiger partial charge in [0.05, 0.1) is 46.2 Å². The van der Waals surface area contributed by atoms with Crippen LogP contribution >= 0.6 is 11.3 Å². The predicted molar refractivity (Wildman–Crippen MR) is 141 cm³/mol. The number of rotatable bonds is 5. The number of nitrogens with zero attached hydrogens (tertiary/aromatic N) is 6. The molecule has 1 aliphatic heterocycles. The number of fused-ring (bicyclic) bond motifs is 1. The van der Waals surface area contributed by atoms with E-state index in [-0.39, 0.29) is 30.0 Å². The minimum absolute atomic E-state index is 0.0346. The topological polar surface area (TPSA) is 106 Å². The Morgan fingerprint density at radius 3 is 2.65 bits per heavy atom. The van der Waals surface area contributed by atoms with Gasteiger partial charge in [0, 0.05) is 18.5 Å². The fourth-order valence-electron chi connectivity index (χ4n) is 5.83. The lowest BCUT2D eigenvalue weighted by atomic mass is 9.82. The van der Waals surface area contributed by atoms with E-state index >= 15 is 0 Å². The van der Waals surface area contributed by atoms with Gasteiger partial charge in [0.2, 0.25) is 5.91 Å². The molecule has 10 heteroatoms. The van der Waals surface area contributed by atoms with Crippen LogP contribution in [0.25, 0.3) is 21.3 Å². The van der Waals surface area contributed by atoms with E-state index in [1.54, 1.807) is 12.7 Å². The van der Waals surface area contributed by atoms with Gasteiger partial charge in [0.25, 0.3) is 5.56 Å². The zero-order valence-electron chi connectivity index (χ0n) is 20.6. The number of aromatic nitrogens is 5. The number of aliphatic hydroxyl groups is 1. The van der Waals surface area contributed by atoms with Crippen molar-refractivity contribution in [1.29, 1.82) is 0 Å². The summed E-state index contributed by atoms with van der Waals surface area (Å²) < 4.78 is 3.34. The van der Waals surface area contributed by atoms with Crippen LogP contribution in [0.15, 0.2) is 59.5 Å². The Bertz CT molecular complexity index is 1440. The Morgan fingerprint density at radius 2 is 1.89 bits per heavy atom. The molecule has 4 heterocycles. The van der Waals surface area contributed by atoms with Crippen molar-refractivity contribution in [3.05, 3.63) is 65.0 Å². The van der Waals surface area contributed by atoms with Crippen molar-refractivity contribution in [3.63, 3.8) is 0 Å².